The maximum Gasteiger partial charge on any atom is 0.255 e. The standard InChI is InChI=1S/C28H27N5O2/c1-4-24(34)33(3)15-21-14-29-27-25(21)26(30-16-31-27)22-6-5-7-23(17(22)2)32-28(35)20-12-10-19(11-13-20)18-8-9-18/h4-7,10-14,16,18H,1,8-9,15H2,2-3H3,(H,32,35)(H,29,30,31). The molecule has 4 aromatic rings. The minimum absolute atomic E-state index is 0.146. The van der Waals surface area contributed by atoms with Gasteiger partial charge in [-0.05, 0) is 61.1 Å². The number of anilines is 1. The predicted octanol–water partition coefficient (Wildman–Crippen LogP) is 5.21. The van der Waals surface area contributed by atoms with E-state index in [4.69, 9.17) is 0 Å². The topological polar surface area (TPSA) is 91.0 Å². The fourth-order valence-corrected chi connectivity index (χ4v) is 4.39. The molecule has 0 saturated heterocycles. The molecule has 176 valence electrons. The minimum atomic E-state index is -0.163. The summed E-state index contributed by atoms with van der Waals surface area (Å²) in [5.41, 5.74) is 6.78. The maximum atomic E-state index is 13.0. The van der Waals surface area contributed by atoms with Crippen molar-refractivity contribution >= 4 is 28.5 Å². The summed E-state index contributed by atoms with van der Waals surface area (Å²) in [6.45, 7) is 5.92. The van der Waals surface area contributed by atoms with E-state index >= 15 is 0 Å². The number of carbonyl (C=O) groups is 2. The van der Waals surface area contributed by atoms with Crippen LogP contribution in [0.5, 0.6) is 0 Å². The van der Waals surface area contributed by atoms with Crippen LogP contribution in [-0.4, -0.2) is 38.7 Å². The van der Waals surface area contributed by atoms with Crippen LogP contribution in [0.1, 0.15) is 45.8 Å². The molecule has 2 N–H and O–H groups in total. The lowest BCUT2D eigenvalue weighted by Crippen LogP contribution is -2.23. The van der Waals surface area contributed by atoms with Gasteiger partial charge in [-0.25, -0.2) is 9.97 Å². The summed E-state index contributed by atoms with van der Waals surface area (Å²) in [4.78, 5) is 38.7. The van der Waals surface area contributed by atoms with Crippen LogP contribution < -0.4 is 5.32 Å². The van der Waals surface area contributed by atoms with Crippen molar-refractivity contribution in [3.8, 4) is 11.3 Å². The number of nitrogens with one attached hydrogen (secondary N) is 2. The van der Waals surface area contributed by atoms with Gasteiger partial charge in [-0.2, -0.15) is 0 Å². The van der Waals surface area contributed by atoms with Crippen LogP contribution in [0.3, 0.4) is 0 Å². The molecule has 7 nitrogen and oxygen atoms in total. The monoisotopic (exact) mass is 465 g/mol. The lowest BCUT2D eigenvalue weighted by atomic mass is 9.99. The Hall–Kier alpha value is -4.26. The van der Waals surface area contributed by atoms with Gasteiger partial charge in [-0.3, -0.25) is 9.59 Å². The highest BCUT2D eigenvalue weighted by molar-refractivity contribution is 6.05. The first-order valence-electron chi connectivity index (χ1n) is 11.7. The van der Waals surface area contributed by atoms with E-state index in [1.54, 1.807) is 11.9 Å². The van der Waals surface area contributed by atoms with Crippen molar-refractivity contribution < 1.29 is 9.59 Å². The Morgan fingerprint density at radius 3 is 2.66 bits per heavy atom. The number of hydrogen-bond acceptors (Lipinski definition) is 4. The number of carbonyl (C=O) groups excluding carboxylic acids is 2. The average Bonchev–Trinajstić information content (AvgIpc) is 3.65. The largest absolute Gasteiger partial charge is 0.346 e. The first-order chi connectivity index (χ1) is 17.0. The lowest BCUT2D eigenvalue weighted by Gasteiger charge is -2.16. The van der Waals surface area contributed by atoms with E-state index in [2.05, 4.69) is 39.0 Å². The molecule has 2 aromatic heterocycles. The average molecular weight is 466 g/mol. The lowest BCUT2D eigenvalue weighted by molar-refractivity contribution is -0.125. The SMILES string of the molecule is C=CC(=O)N(C)Cc1c[nH]c2ncnc(-c3cccc(NC(=O)c4ccc(C5CC5)cc4)c3C)c12. The summed E-state index contributed by atoms with van der Waals surface area (Å²) in [6, 6.07) is 13.7. The number of aromatic amines is 1. The highest BCUT2D eigenvalue weighted by atomic mass is 16.2. The van der Waals surface area contributed by atoms with Crippen LogP contribution in [0.4, 0.5) is 5.69 Å². The van der Waals surface area contributed by atoms with E-state index in [0.717, 1.165) is 33.5 Å². The van der Waals surface area contributed by atoms with E-state index in [0.29, 0.717) is 23.7 Å². The fourth-order valence-electron chi connectivity index (χ4n) is 4.39. The Balaban J connectivity index is 1.46. The summed E-state index contributed by atoms with van der Waals surface area (Å²) >= 11 is 0. The van der Waals surface area contributed by atoms with Crippen LogP contribution in [0.2, 0.25) is 0 Å². The van der Waals surface area contributed by atoms with Crippen molar-refractivity contribution in [2.24, 2.45) is 0 Å². The fraction of sp³-hybridized carbons (Fsp3) is 0.214. The third-order valence-corrected chi connectivity index (χ3v) is 6.57. The van der Waals surface area contributed by atoms with E-state index in [9.17, 15) is 9.59 Å². The molecule has 7 heteroatoms. The number of aromatic nitrogens is 3. The minimum Gasteiger partial charge on any atom is -0.346 e. The molecular formula is C28H27N5O2. The number of likely N-dealkylation sites (N-methyl/N-ethyl adjacent to an activating group) is 1. The van der Waals surface area contributed by atoms with Gasteiger partial charge in [0.15, 0.2) is 0 Å². The highest BCUT2D eigenvalue weighted by Gasteiger charge is 2.23. The summed E-state index contributed by atoms with van der Waals surface area (Å²) in [5, 5.41) is 3.90. The van der Waals surface area contributed by atoms with Gasteiger partial charge in [0.2, 0.25) is 5.91 Å². The van der Waals surface area contributed by atoms with Crippen LogP contribution in [0.25, 0.3) is 22.3 Å². The normalized spacial score (nSPS) is 13.0. The number of nitrogens with zero attached hydrogens (tertiary/aromatic N) is 3. The summed E-state index contributed by atoms with van der Waals surface area (Å²) in [5.74, 6) is 0.347. The Kier molecular flexibility index (Phi) is 5.91. The Bertz CT molecular complexity index is 1430. The Morgan fingerprint density at radius 1 is 1.17 bits per heavy atom. The van der Waals surface area contributed by atoms with E-state index in [1.807, 2.05) is 43.5 Å². The number of H-pyrrole nitrogens is 1. The van der Waals surface area contributed by atoms with Gasteiger partial charge < -0.3 is 15.2 Å². The van der Waals surface area contributed by atoms with Crippen LogP contribution in [-0.2, 0) is 11.3 Å². The molecule has 0 atom stereocenters. The third kappa shape index (κ3) is 4.45. The Labute approximate surface area is 203 Å². The summed E-state index contributed by atoms with van der Waals surface area (Å²) in [7, 11) is 1.73. The van der Waals surface area contributed by atoms with E-state index in [-0.39, 0.29) is 11.8 Å². The van der Waals surface area contributed by atoms with E-state index in [1.165, 1.54) is 30.8 Å². The molecule has 1 saturated carbocycles. The predicted molar refractivity (Wildman–Crippen MR) is 137 cm³/mol. The maximum absolute atomic E-state index is 13.0. The molecule has 0 radical (unpaired) electrons. The van der Waals surface area contributed by atoms with Crippen LogP contribution in [0.15, 0.2) is 67.6 Å². The molecule has 1 aliphatic carbocycles. The Morgan fingerprint density at radius 2 is 1.94 bits per heavy atom. The number of amides is 2. The zero-order valence-electron chi connectivity index (χ0n) is 19.8. The van der Waals surface area contributed by atoms with Gasteiger partial charge in [-0.15, -0.1) is 0 Å². The second kappa shape index (κ2) is 9.18. The number of fused-ring (bicyclic) bond motifs is 1. The van der Waals surface area contributed by atoms with Crippen molar-refractivity contribution in [1.29, 1.82) is 0 Å². The van der Waals surface area contributed by atoms with Gasteiger partial charge in [0.1, 0.15) is 12.0 Å². The summed E-state index contributed by atoms with van der Waals surface area (Å²) in [6.07, 6.45) is 7.13. The molecule has 0 aliphatic heterocycles. The molecule has 0 bridgehead atoms. The quantitative estimate of drug-likeness (QED) is 0.367. The zero-order valence-corrected chi connectivity index (χ0v) is 19.8. The molecule has 0 unspecified atom stereocenters. The van der Waals surface area contributed by atoms with Crippen molar-refractivity contribution in [2.75, 3.05) is 12.4 Å². The van der Waals surface area contributed by atoms with Gasteiger partial charge in [0.25, 0.3) is 5.91 Å². The third-order valence-electron chi connectivity index (χ3n) is 6.57. The molecule has 2 aromatic carbocycles. The zero-order chi connectivity index (χ0) is 24.5. The molecule has 2 heterocycles. The van der Waals surface area contributed by atoms with Crippen molar-refractivity contribution in [3.63, 3.8) is 0 Å². The number of hydrogen-bond donors (Lipinski definition) is 2. The molecule has 1 aliphatic rings. The van der Waals surface area contributed by atoms with Crippen LogP contribution >= 0.6 is 0 Å². The first-order valence-corrected chi connectivity index (χ1v) is 11.7. The molecular weight excluding hydrogens is 438 g/mol. The smallest absolute Gasteiger partial charge is 0.255 e. The van der Waals surface area contributed by atoms with E-state index < -0.39 is 0 Å². The molecule has 2 amide bonds. The molecule has 1 fully saturated rings. The number of benzene rings is 2. The van der Waals surface area contributed by atoms with Crippen molar-refractivity contribution in [2.45, 2.75) is 32.2 Å². The summed E-state index contributed by atoms with van der Waals surface area (Å²) < 4.78 is 0. The van der Waals surface area contributed by atoms with Crippen LogP contribution in [0, 0.1) is 6.92 Å². The van der Waals surface area contributed by atoms with Crippen molar-refractivity contribution in [3.05, 3.63) is 89.9 Å². The second-order valence-electron chi connectivity index (χ2n) is 8.99. The molecule has 0 spiro atoms. The van der Waals surface area contributed by atoms with Gasteiger partial charge in [0.05, 0.1) is 11.1 Å². The van der Waals surface area contributed by atoms with Crippen molar-refractivity contribution in [1.82, 2.24) is 19.9 Å². The van der Waals surface area contributed by atoms with Gasteiger partial charge >= 0.3 is 0 Å². The highest BCUT2D eigenvalue weighted by Crippen LogP contribution is 2.40. The second-order valence-corrected chi connectivity index (χ2v) is 8.99. The van der Waals surface area contributed by atoms with Gasteiger partial charge in [0, 0.05) is 42.2 Å². The molecule has 5 rings (SSSR count). The van der Waals surface area contributed by atoms with Gasteiger partial charge in [-0.1, -0.05) is 30.8 Å². The molecule has 35 heavy (non-hydrogen) atoms. The first kappa shape index (κ1) is 22.5. The number of rotatable bonds is 7.